The van der Waals surface area contributed by atoms with Crippen LogP contribution in [0.5, 0.6) is 0 Å². The van der Waals surface area contributed by atoms with Crippen LogP contribution in [-0.2, 0) is 15.7 Å². The highest BCUT2D eigenvalue weighted by Crippen LogP contribution is 2.33. The molecule has 2 rings (SSSR count). The number of hydrogen-bond acceptors (Lipinski definition) is 4. The van der Waals surface area contributed by atoms with Gasteiger partial charge in [0.25, 0.3) is 5.91 Å². The molecular formula is C14H15ClF3N3O3. The van der Waals surface area contributed by atoms with Gasteiger partial charge in [0.05, 0.1) is 22.8 Å². The van der Waals surface area contributed by atoms with E-state index in [2.05, 4.69) is 10.3 Å². The molecule has 1 N–H and O–H groups in total. The first kappa shape index (κ1) is 18.5. The van der Waals surface area contributed by atoms with Crippen molar-refractivity contribution in [2.45, 2.75) is 19.4 Å². The van der Waals surface area contributed by atoms with Crippen LogP contribution in [0.3, 0.4) is 0 Å². The van der Waals surface area contributed by atoms with Crippen molar-refractivity contribution >= 4 is 23.2 Å². The summed E-state index contributed by atoms with van der Waals surface area (Å²) in [6.45, 7) is 1.53. The Hall–Kier alpha value is -1.84. The number of alkyl halides is 3. The first-order chi connectivity index (χ1) is 11.2. The fourth-order valence-corrected chi connectivity index (χ4v) is 2.42. The van der Waals surface area contributed by atoms with Gasteiger partial charge in [0.2, 0.25) is 0 Å². The lowest BCUT2D eigenvalue weighted by atomic mass is 10.2. The summed E-state index contributed by atoms with van der Waals surface area (Å²) < 4.78 is 49.8. The molecule has 6 nitrogen and oxygen atoms in total. The van der Waals surface area contributed by atoms with Gasteiger partial charge in [0, 0.05) is 20.4 Å². The van der Waals surface area contributed by atoms with Crippen molar-refractivity contribution in [1.82, 2.24) is 14.7 Å². The largest absolute Gasteiger partial charge is 0.417 e. The van der Waals surface area contributed by atoms with Crippen LogP contribution in [0.15, 0.2) is 12.3 Å². The van der Waals surface area contributed by atoms with E-state index < -0.39 is 23.9 Å². The van der Waals surface area contributed by atoms with E-state index in [-0.39, 0.29) is 28.6 Å². The van der Waals surface area contributed by atoms with Gasteiger partial charge >= 0.3 is 6.18 Å². The highest BCUT2D eigenvalue weighted by molar-refractivity contribution is 6.33. The Balaban J connectivity index is 2.44. The number of aryl methyl sites for hydroxylation is 1. The van der Waals surface area contributed by atoms with Gasteiger partial charge in [-0.3, -0.25) is 9.20 Å². The van der Waals surface area contributed by atoms with E-state index >= 15 is 0 Å². The second-order valence-corrected chi connectivity index (χ2v) is 5.33. The highest BCUT2D eigenvalue weighted by atomic mass is 35.5. The van der Waals surface area contributed by atoms with E-state index in [4.69, 9.17) is 21.1 Å². The van der Waals surface area contributed by atoms with E-state index in [0.717, 1.165) is 16.7 Å². The number of nitrogens with one attached hydrogen (secondary N) is 1. The van der Waals surface area contributed by atoms with Gasteiger partial charge in [0.1, 0.15) is 5.69 Å². The van der Waals surface area contributed by atoms with Crippen molar-refractivity contribution in [1.29, 1.82) is 0 Å². The summed E-state index contributed by atoms with van der Waals surface area (Å²) in [4.78, 5) is 16.4. The molecule has 0 aliphatic carbocycles. The first-order valence-corrected chi connectivity index (χ1v) is 7.16. The van der Waals surface area contributed by atoms with Gasteiger partial charge in [-0.15, -0.1) is 0 Å². The average Bonchev–Trinajstić information content (AvgIpc) is 2.84. The minimum absolute atomic E-state index is 0.0190. The molecule has 0 radical (unpaired) electrons. The molecule has 2 aromatic rings. The van der Waals surface area contributed by atoms with E-state index in [1.54, 1.807) is 0 Å². The van der Waals surface area contributed by atoms with Gasteiger partial charge in [-0.1, -0.05) is 11.6 Å². The minimum atomic E-state index is -4.60. The standard InChI is InChI=1S/C14H15ClF3N3O3/c1-7-11(13(22)19-5-10(23-2)24-3)21-6-8(14(16,17)18)4-9(15)12(21)20-7/h4,6,10H,5H2,1-3H3,(H,19,22). The molecule has 0 fully saturated rings. The number of carbonyl (C=O) groups excluding carboxylic acids is 1. The Bertz CT molecular complexity index is 757. The predicted molar refractivity (Wildman–Crippen MR) is 80.1 cm³/mol. The van der Waals surface area contributed by atoms with Crippen LogP contribution in [0, 0.1) is 6.92 Å². The van der Waals surface area contributed by atoms with Crippen LogP contribution >= 0.6 is 11.6 Å². The second-order valence-electron chi connectivity index (χ2n) is 4.92. The van der Waals surface area contributed by atoms with E-state index in [9.17, 15) is 18.0 Å². The smallest absolute Gasteiger partial charge is 0.354 e. The van der Waals surface area contributed by atoms with Gasteiger partial charge in [0.15, 0.2) is 11.9 Å². The molecule has 132 valence electrons. The normalized spacial score (nSPS) is 12.2. The van der Waals surface area contributed by atoms with E-state index in [1.807, 2.05) is 0 Å². The molecule has 24 heavy (non-hydrogen) atoms. The van der Waals surface area contributed by atoms with Crippen molar-refractivity contribution in [3.8, 4) is 0 Å². The Kier molecular flexibility index (Phi) is 5.36. The summed E-state index contributed by atoms with van der Waals surface area (Å²) in [5.41, 5.74) is -0.690. The quantitative estimate of drug-likeness (QED) is 0.827. The summed E-state index contributed by atoms with van der Waals surface area (Å²) in [7, 11) is 2.80. The summed E-state index contributed by atoms with van der Waals surface area (Å²) in [6, 6.07) is 0.775. The summed E-state index contributed by atoms with van der Waals surface area (Å²) >= 11 is 5.88. The summed E-state index contributed by atoms with van der Waals surface area (Å²) in [5, 5.41) is 2.33. The third-order valence-corrected chi connectivity index (χ3v) is 3.63. The Labute approximate surface area is 140 Å². The fraction of sp³-hybridized carbons (Fsp3) is 0.429. The van der Waals surface area contributed by atoms with Crippen LogP contribution in [-0.4, -0.2) is 42.3 Å². The number of methoxy groups -OCH3 is 2. The Morgan fingerprint density at radius 3 is 2.58 bits per heavy atom. The zero-order chi connectivity index (χ0) is 18.1. The average molecular weight is 366 g/mol. The number of pyridine rings is 1. The molecule has 0 aliphatic heterocycles. The molecule has 2 heterocycles. The van der Waals surface area contributed by atoms with Gasteiger partial charge in [-0.25, -0.2) is 4.98 Å². The maximum atomic E-state index is 13.0. The Morgan fingerprint density at radius 1 is 1.42 bits per heavy atom. The van der Waals surface area contributed by atoms with Crippen molar-refractivity contribution < 1.29 is 27.4 Å². The van der Waals surface area contributed by atoms with Gasteiger partial charge in [-0.05, 0) is 13.0 Å². The molecule has 0 aliphatic rings. The summed E-state index contributed by atoms with van der Waals surface area (Å²) in [5.74, 6) is -0.616. The summed E-state index contributed by atoms with van der Waals surface area (Å²) in [6.07, 6.45) is -4.48. The number of amides is 1. The Morgan fingerprint density at radius 2 is 2.04 bits per heavy atom. The van der Waals surface area contributed by atoms with Crippen molar-refractivity contribution in [3.63, 3.8) is 0 Å². The number of rotatable bonds is 5. The number of ether oxygens (including phenoxy) is 2. The molecule has 0 saturated carbocycles. The third-order valence-electron chi connectivity index (χ3n) is 3.35. The fourth-order valence-electron chi connectivity index (χ4n) is 2.17. The second kappa shape index (κ2) is 6.96. The van der Waals surface area contributed by atoms with Crippen molar-refractivity contribution in [3.05, 3.63) is 34.2 Å². The molecule has 0 atom stereocenters. The van der Waals surface area contributed by atoms with E-state index in [1.165, 1.54) is 21.1 Å². The van der Waals surface area contributed by atoms with Crippen molar-refractivity contribution in [2.75, 3.05) is 20.8 Å². The number of fused-ring (bicyclic) bond motifs is 1. The number of aromatic nitrogens is 2. The minimum Gasteiger partial charge on any atom is -0.354 e. The predicted octanol–water partition coefficient (Wildman–Crippen LogP) is 2.66. The molecule has 0 saturated heterocycles. The van der Waals surface area contributed by atoms with Crippen LogP contribution in [0.1, 0.15) is 21.7 Å². The molecule has 10 heteroatoms. The molecule has 2 aromatic heterocycles. The zero-order valence-electron chi connectivity index (χ0n) is 13.1. The van der Waals surface area contributed by atoms with E-state index in [0.29, 0.717) is 0 Å². The molecule has 0 bridgehead atoms. The highest BCUT2D eigenvalue weighted by Gasteiger charge is 2.33. The van der Waals surface area contributed by atoms with Crippen LogP contribution in [0.2, 0.25) is 5.02 Å². The zero-order valence-corrected chi connectivity index (χ0v) is 13.8. The lowest BCUT2D eigenvalue weighted by Crippen LogP contribution is -2.35. The molecule has 0 aromatic carbocycles. The van der Waals surface area contributed by atoms with Crippen LogP contribution < -0.4 is 5.32 Å². The van der Waals surface area contributed by atoms with Crippen LogP contribution in [0.25, 0.3) is 5.65 Å². The molecule has 0 unspecified atom stereocenters. The lowest BCUT2D eigenvalue weighted by molar-refractivity contribution is -0.137. The van der Waals surface area contributed by atoms with Gasteiger partial charge in [-0.2, -0.15) is 13.2 Å². The number of carbonyl (C=O) groups is 1. The first-order valence-electron chi connectivity index (χ1n) is 6.78. The third kappa shape index (κ3) is 3.63. The molecular weight excluding hydrogens is 351 g/mol. The van der Waals surface area contributed by atoms with Crippen molar-refractivity contribution in [2.24, 2.45) is 0 Å². The topological polar surface area (TPSA) is 64.9 Å². The number of nitrogens with zero attached hydrogens (tertiary/aromatic N) is 2. The number of imidazole rings is 1. The monoisotopic (exact) mass is 365 g/mol. The number of hydrogen-bond donors (Lipinski definition) is 1. The number of halogens is 4. The van der Waals surface area contributed by atoms with Gasteiger partial charge < -0.3 is 14.8 Å². The maximum Gasteiger partial charge on any atom is 0.417 e. The molecule has 0 spiro atoms. The van der Waals surface area contributed by atoms with Crippen LogP contribution in [0.4, 0.5) is 13.2 Å². The lowest BCUT2D eigenvalue weighted by Gasteiger charge is -2.14. The molecule has 1 amide bonds. The maximum absolute atomic E-state index is 13.0. The SMILES string of the molecule is COC(CNC(=O)c1c(C)nc2c(Cl)cc(C(F)(F)F)cn12)OC.